The van der Waals surface area contributed by atoms with Crippen molar-refractivity contribution in [3.63, 3.8) is 0 Å². The molecule has 2 heterocycles. The lowest BCUT2D eigenvalue weighted by Crippen LogP contribution is -2.59. The van der Waals surface area contributed by atoms with Crippen molar-refractivity contribution < 1.29 is 52.4 Å². The fourth-order valence-electron chi connectivity index (χ4n) is 7.39. The van der Waals surface area contributed by atoms with Crippen LogP contribution in [0.4, 0.5) is 4.79 Å². The Labute approximate surface area is 427 Å². The van der Waals surface area contributed by atoms with Crippen molar-refractivity contribution in [3.05, 3.63) is 98.8 Å². The van der Waals surface area contributed by atoms with Crippen LogP contribution in [0.1, 0.15) is 99.9 Å². The molecule has 4 rings (SSSR count). The lowest BCUT2D eigenvalue weighted by molar-refractivity contribution is -0.166. The number of esters is 1. The Kier molecular flexibility index (Phi) is 20.4. The summed E-state index contributed by atoms with van der Waals surface area (Å²) in [4.78, 5) is 68.7. The lowest BCUT2D eigenvalue weighted by atomic mass is 9.99. The molecule has 3 aromatic rings. The van der Waals surface area contributed by atoms with E-state index in [0.29, 0.717) is 11.3 Å². The normalized spacial score (nSPS) is 19.5. The summed E-state index contributed by atoms with van der Waals surface area (Å²) in [5.74, 6) is -1.22. The molecule has 402 valence electrons. The number of carbonyl (C=O) groups is 3. The third kappa shape index (κ3) is 15.9. The van der Waals surface area contributed by atoms with Gasteiger partial charge in [-0.05, 0) is 99.2 Å². The highest BCUT2D eigenvalue weighted by Crippen LogP contribution is 2.46. The molecule has 1 fully saturated rings. The topological polar surface area (TPSA) is 227 Å². The van der Waals surface area contributed by atoms with Crippen LogP contribution in [0.3, 0.4) is 0 Å². The first kappa shape index (κ1) is 59.9. The number of carbonyl (C=O) groups excluding carboxylic acids is 3. The number of ether oxygens (including phenoxy) is 4. The van der Waals surface area contributed by atoms with E-state index < -0.39 is 106 Å². The number of hydrogen-bond acceptors (Lipinski definition) is 14. The van der Waals surface area contributed by atoms with Crippen LogP contribution in [-0.2, 0) is 45.8 Å². The summed E-state index contributed by atoms with van der Waals surface area (Å²) in [7, 11) is -4.00. The van der Waals surface area contributed by atoms with Crippen LogP contribution >= 0.6 is 0 Å². The molecule has 1 aromatic heterocycles. The number of nitrogens with one attached hydrogen (secondary N) is 3. The maximum absolute atomic E-state index is 14.7. The van der Waals surface area contributed by atoms with Crippen molar-refractivity contribution in [1.82, 2.24) is 25.1 Å². The molecule has 2 amide bonds. The number of aromatic nitrogens is 2. The summed E-state index contributed by atoms with van der Waals surface area (Å²) in [6.45, 7) is 29.3. The monoisotopic (exact) mass is 1040 g/mol. The third-order valence-electron chi connectivity index (χ3n) is 13.7. The van der Waals surface area contributed by atoms with E-state index >= 15 is 0 Å². The molecule has 20 heteroatoms. The fraction of sp³-hybridized carbons (Fsp3) is 0.635. The SMILES string of the molecule is COc1ccc(Cn2c(=O)ccn([C@@H]3OC([C@@H](O)[C@H](NCCCNC(=O)[C@H](NC(=O)OCc4ccccc4)[C@@H](O)C(C)C)C(=O)OC(C)(C)C)[C@@H](O[Si](C)(C)C(C)(C)C)[C@H]3O[Si](C)(C)C(C)(C)C)c2=O)cc1. The van der Waals surface area contributed by atoms with Crippen molar-refractivity contribution in [2.45, 2.75) is 186 Å². The average Bonchev–Trinajstić information content (AvgIpc) is 3.61. The van der Waals surface area contributed by atoms with Crippen LogP contribution < -0.4 is 31.9 Å². The van der Waals surface area contributed by atoms with Crippen LogP contribution in [-0.4, -0.2) is 122 Å². The van der Waals surface area contributed by atoms with E-state index in [4.69, 9.17) is 27.8 Å². The van der Waals surface area contributed by atoms with Crippen LogP contribution in [0.15, 0.2) is 76.4 Å². The van der Waals surface area contributed by atoms with Gasteiger partial charge in [-0.3, -0.25) is 23.5 Å². The maximum atomic E-state index is 14.7. The van der Waals surface area contributed by atoms with Gasteiger partial charge in [0.1, 0.15) is 54.5 Å². The quantitative estimate of drug-likeness (QED) is 0.0428. The molecule has 1 saturated heterocycles. The number of benzene rings is 2. The van der Waals surface area contributed by atoms with Crippen LogP contribution in [0.2, 0.25) is 36.3 Å². The van der Waals surface area contributed by atoms with Crippen molar-refractivity contribution in [2.75, 3.05) is 20.2 Å². The molecule has 18 nitrogen and oxygen atoms in total. The minimum absolute atomic E-state index is 0.0342. The van der Waals surface area contributed by atoms with Gasteiger partial charge in [0.25, 0.3) is 5.56 Å². The molecular weight excluding hydrogens is 959 g/mol. The minimum Gasteiger partial charge on any atom is -0.497 e. The second kappa shape index (κ2) is 24.6. The van der Waals surface area contributed by atoms with Gasteiger partial charge in [0.2, 0.25) is 5.91 Å². The minimum atomic E-state index is -2.78. The molecule has 1 unspecified atom stereocenters. The molecule has 0 bridgehead atoms. The van der Waals surface area contributed by atoms with Gasteiger partial charge >= 0.3 is 17.8 Å². The van der Waals surface area contributed by atoms with Gasteiger partial charge in [-0.15, -0.1) is 0 Å². The predicted molar refractivity (Wildman–Crippen MR) is 281 cm³/mol. The molecule has 0 saturated carbocycles. The molecule has 8 atom stereocenters. The Morgan fingerprint density at radius 2 is 1.36 bits per heavy atom. The van der Waals surface area contributed by atoms with Gasteiger partial charge in [0, 0.05) is 18.8 Å². The highest BCUT2D eigenvalue weighted by Gasteiger charge is 2.58. The summed E-state index contributed by atoms with van der Waals surface area (Å²) in [6.07, 6.45) is -6.80. The lowest BCUT2D eigenvalue weighted by Gasteiger charge is -2.44. The number of rotatable bonds is 22. The van der Waals surface area contributed by atoms with E-state index in [2.05, 4.69) is 83.7 Å². The van der Waals surface area contributed by atoms with Gasteiger partial charge in [-0.1, -0.05) is 97.9 Å². The number of nitrogens with zero attached hydrogens (tertiary/aromatic N) is 2. The summed E-state index contributed by atoms with van der Waals surface area (Å²) in [6, 6.07) is 14.6. The van der Waals surface area contributed by atoms with E-state index in [1.807, 2.05) is 18.2 Å². The van der Waals surface area contributed by atoms with Crippen LogP contribution in [0, 0.1) is 5.92 Å². The van der Waals surface area contributed by atoms with E-state index in [1.165, 1.54) is 16.8 Å². The standard InChI is InChI=1S/C52H83N5O13Si2/c1-33(2)40(59)38(55-48(63)66-32-35-21-18-17-19-22-35)45(61)54-29-20-28-53-39(47(62)68-50(3,4)5)41(60)42-43(69-71(13,14)51(6,7)8)44(70-72(15,16)52(9,10)11)46(67-42)56-30-27-37(58)57(49(56)64)31-34-23-25-36(65-12)26-24-34/h17-19,21-27,30,33,38-44,46,53,59-60H,20,28-29,31-32H2,1-16H3,(H,54,61)(H,55,63)/t38-,39+,40+,41+,42?,43-,44-,46-/m1/s1. The van der Waals surface area contributed by atoms with Crippen molar-refractivity contribution in [2.24, 2.45) is 5.92 Å². The van der Waals surface area contributed by atoms with E-state index in [1.54, 1.807) is 78.1 Å². The Morgan fingerprint density at radius 1 is 0.778 bits per heavy atom. The molecule has 72 heavy (non-hydrogen) atoms. The van der Waals surface area contributed by atoms with Gasteiger partial charge in [0.05, 0.1) is 19.8 Å². The molecule has 5 N–H and O–H groups in total. The first-order valence-electron chi connectivity index (χ1n) is 24.8. The number of alkyl carbamates (subject to hydrolysis) is 1. The zero-order valence-corrected chi connectivity index (χ0v) is 47.4. The first-order valence-corrected chi connectivity index (χ1v) is 30.6. The highest BCUT2D eigenvalue weighted by molar-refractivity contribution is 6.74. The van der Waals surface area contributed by atoms with Gasteiger partial charge in [0.15, 0.2) is 22.9 Å². The zero-order valence-electron chi connectivity index (χ0n) is 45.4. The number of amides is 2. The number of methoxy groups -OCH3 is 1. The third-order valence-corrected chi connectivity index (χ3v) is 22.7. The molecule has 0 aliphatic carbocycles. The number of aliphatic hydroxyl groups is 2. The van der Waals surface area contributed by atoms with Crippen LogP contribution in [0.5, 0.6) is 5.75 Å². The molecule has 1 aliphatic rings. The summed E-state index contributed by atoms with van der Waals surface area (Å²) in [5.41, 5.74) is -0.762. The maximum Gasteiger partial charge on any atom is 0.408 e. The van der Waals surface area contributed by atoms with Crippen molar-refractivity contribution in [3.8, 4) is 5.75 Å². The number of hydrogen-bond donors (Lipinski definition) is 5. The van der Waals surface area contributed by atoms with E-state index in [-0.39, 0.29) is 42.7 Å². The molecule has 0 radical (unpaired) electrons. The fourth-order valence-corrected chi connectivity index (χ4v) is 9.98. The highest BCUT2D eigenvalue weighted by atomic mass is 28.4. The predicted octanol–water partition coefficient (Wildman–Crippen LogP) is 6.22. The first-order chi connectivity index (χ1) is 33.3. The summed E-state index contributed by atoms with van der Waals surface area (Å²) in [5, 5.41) is 31.4. The van der Waals surface area contributed by atoms with Gasteiger partial charge in [-0.2, -0.15) is 0 Å². The molecule has 2 aromatic carbocycles. The van der Waals surface area contributed by atoms with Crippen molar-refractivity contribution in [1.29, 1.82) is 0 Å². The van der Waals surface area contributed by atoms with Gasteiger partial charge < -0.3 is 54.0 Å². The summed E-state index contributed by atoms with van der Waals surface area (Å²) < 4.78 is 40.2. The molecular formula is C52H83N5O13Si2. The van der Waals surface area contributed by atoms with Gasteiger partial charge in [-0.25, -0.2) is 9.59 Å². The van der Waals surface area contributed by atoms with E-state index in [0.717, 1.165) is 10.1 Å². The van der Waals surface area contributed by atoms with Crippen molar-refractivity contribution >= 4 is 34.6 Å². The average molecular weight is 1040 g/mol. The Morgan fingerprint density at radius 3 is 1.90 bits per heavy atom. The second-order valence-electron chi connectivity index (χ2n) is 23.0. The Balaban J connectivity index is 1.70. The molecule has 1 aliphatic heterocycles. The Hall–Kier alpha value is -4.68. The smallest absolute Gasteiger partial charge is 0.408 e. The summed E-state index contributed by atoms with van der Waals surface area (Å²) >= 11 is 0. The van der Waals surface area contributed by atoms with Crippen LogP contribution in [0.25, 0.3) is 0 Å². The second-order valence-corrected chi connectivity index (χ2v) is 32.5. The van der Waals surface area contributed by atoms with E-state index in [9.17, 15) is 34.2 Å². The molecule has 0 spiro atoms. The Bertz CT molecular complexity index is 2370. The largest absolute Gasteiger partial charge is 0.497 e. The number of aliphatic hydroxyl groups excluding tert-OH is 2. The zero-order chi connectivity index (χ0) is 54.1.